The molecule has 0 bridgehead atoms. The van der Waals surface area contributed by atoms with E-state index in [4.69, 9.17) is 16.3 Å². The van der Waals surface area contributed by atoms with E-state index in [-0.39, 0.29) is 10.9 Å². The third-order valence-electron chi connectivity index (χ3n) is 2.22. The Balaban J connectivity index is 2.45. The molecule has 0 heterocycles. The highest BCUT2D eigenvalue weighted by molar-refractivity contribution is 6.20. The molecule has 3 nitrogen and oxygen atoms in total. The van der Waals surface area contributed by atoms with E-state index in [0.717, 1.165) is 12.1 Å². The van der Waals surface area contributed by atoms with E-state index in [9.17, 15) is 13.6 Å². The van der Waals surface area contributed by atoms with Crippen LogP contribution in [0.1, 0.15) is 16.8 Å². The summed E-state index contributed by atoms with van der Waals surface area (Å²) < 4.78 is 30.6. The molecule has 0 saturated heterocycles. The van der Waals surface area contributed by atoms with E-state index in [2.05, 4.69) is 5.32 Å². The van der Waals surface area contributed by atoms with Crippen molar-refractivity contribution in [3.8, 4) is 0 Å². The van der Waals surface area contributed by atoms with Crippen LogP contribution in [0.4, 0.5) is 8.78 Å². The normalized spacial score (nSPS) is 12.2. The summed E-state index contributed by atoms with van der Waals surface area (Å²) in [5.74, 6) is -2.10. The van der Waals surface area contributed by atoms with Crippen LogP contribution in [0.5, 0.6) is 0 Å². The van der Waals surface area contributed by atoms with Crippen molar-refractivity contribution in [3.05, 3.63) is 35.4 Å². The van der Waals surface area contributed by atoms with E-state index in [1.807, 2.05) is 0 Å². The van der Waals surface area contributed by atoms with E-state index in [0.29, 0.717) is 25.6 Å². The van der Waals surface area contributed by atoms with Crippen molar-refractivity contribution >= 4 is 17.5 Å². The van der Waals surface area contributed by atoms with Gasteiger partial charge in [-0.25, -0.2) is 8.78 Å². The first-order valence-corrected chi connectivity index (χ1v) is 5.84. The number of halogens is 3. The number of alkyl halides is 1. The Morgan fingerprint density at radius 3 is 2.56 bits per heavy atom. The lowest BCUT2D eigenvalue weighted by atomic mass is 10.2. The van der Waals surface area contributed by atoms with Gasteiger partial charge < -0.3 is 10.1 Å². The highest BCUT2D eigenvalue weighted by Gasteiger charge is 2.10. The van der Waals surface area contributed by atoms with E-state index < -0.39 is 17.5 Å². The smallest absolute Gasteiger partial charge is 0.251 e. The van der Waals surface area contributed by atoms with Crippen LogP contribution in [0.3, 0.4) is 0 Å². The van der Waals surface area contributed by atoms with Crippen molar-refractivity contribution in [1.82, 2.24) is 5.32 Å². The van der Waals surface area contributed by atoms with Gasteiger partial charge in [0, 0.05) is 25.3 Å². The van der Waals surface area contributed by atoms with E-state index >= 15 is 0 Å². The Kier molecular flexibility index (Phi) is 6.01. The summed E-state index contributed by atoms with van der Waals surface area (Å²) in [7, 11) is 1.53. The van der Waals surface area contributed by atoms with Gasteiger partial charge in [-0.1, -0.05) is 0 Å². The summed E-state index contributed by atoms with van der Waals surface area (Å²) >= 11 is 5.86. The first kappa shape index (κ1) is 14.9. The molecule has 18 heavy (non-hydrogen) atoms. The fraction of sp³-hybridized carbons (Fsp3) is 0.417. The van der Waals surface area contributed by atoms with Crippen LogP contribution >= 0.6 is 11.6 Å². The zero-order valence-corrected chi connectivity index (χ0v) is 10.6. The zero-order chi connectivity index (χ0) is 13.5. The van der Waals surface area contributed by atoms with Gasteiger partial charge in [-0.05, 0) is 18.6 Å². The second-order valence-corrected chi connectivity index (χ2v) is 4.37. The molecule has 6 heteroatoms. The molecule has 1 unspecified atom stereocenters. The molecular formula is C12H14ClF2NO2. The molecule has 0 aliphatic carbocycles. The third kappa shape index (κ3) is 4.98. The Hall–Kier alpha value is -1.20. The van der Waals surface area contributed by atoms with Crippen LogP contribution in [0.25, 0.3) is 0 Å². The quantitative estimate of drug-likeness (QED) is 0.811. The molecule has 1 rings (SSSR count). The highest BCUT2D eigenvalue weighted by atomic mass is 35.5. The van der Waals surface area contributed by atoms with Gasteiger partial charge in [0.1, 0.15) is 11.6 Å². The lowest BCUT2D eigenvalue weighted by molar-refractivity contribution is 0.0950. The van der Waals surface area contributed by atoms with Crippen molar-refractivity contribution in [2.75, 3.05) is 20.3 Å². The average Bonchev–Trinajstić information content (AvgIpc) is 2.27. The van der Waals surface area contributed by atoms with Crippen LogP contribution < -0.4 is 5.32 Å². The fourth-order valence-electron chi connectivity index (χ4n) is 1.39. The van der Waals surface area contributed by atoms with Crippen LogP contribution in [-0.4, -0.2) is 31.5 Å². The number of benzene rings is 1. The first-order chi connectivity index (χ1) is 8.52. The SMILES string of the molecule is COCC(Cl)CCNC(=O)c1cc(F)cc(F)c1. The molecule has 100 valence electrons. The van der Waals surface area contributed by atoms with Crippen molar-refractivity contribution in [1.29, 1.82) is 0 Å². The standard InChI is InChI=1S/C12H14ClF2NO2/c1-18-7-9(13)2-3-16-12(17)8-4-10(14)6-11(15)5-8/h4-6,9H,2-3,7H2,1H3,(H,16,17). The van der Waals surface area contributed by atoms with Gasteiger partial charge in [0.25, 0.3) is 5.91 Å². The number of ether oxygens (including phenoxy) is 1. The summed E-state index contributed by atoms with van der Waals surface area (Å²) in [5.41, 5.74) is -0.0506. The molecule has 0 radical (unpaired) electrons. The summed E-state index contributed by atoms with van der Waals surface area (Å²) in [6.45, 7) is 0.695. The summed E-state index contributed by atoms with van der Waals surface area (Å²) in [6, 6.07) is 2.67. The van der Waals surface area contributed by atoms with Gasteiger partial charge in [0.2, 0.25) is 0 Å². The van der Waals surface area contributed by atoms with Gasteiger partial charge in [-0.3, -0.25) is 4.79 Å². The van der Waals surface area contributed by atoms with Gasteiger partial charge in [0.05, 0.1) is 12.0 Å². The molecule has 0 aromatic heterocycles. The van der Waals surface area contributed by atoms with Crippen LogP contribution in [0.15, 0.2) is 18.2 Å². The topological polar surface area (TPSA) is 38.3 Å². The molecule has 1 amide bonds. The first-order valence-electron chi connectivity index (χ1n) is 5.40. The summed E-state index contributed by atoms with van der Waals surface area (Å²) in [5, 5.41) is 2.32. The average molecular weight is 278 g/mol. The van der Waals surface area contributed by atoms with Gasteiger partial charge in [-0.2, -0.15) is 0 Å². The van der Waals surface area contributed by atoms with Crippen LogP contribution in [-0.2, 0) is 4.74 Å². The Bertz CT molecular complexity index is 395. The molecule has 0 fully saturated rings. The highest BCUT2D eigenvalue weighted by Crippen LogP contribution is 2.08. The maximum atomic E-state index is 12.9. The minimum atomic E-state index is -0.783. The van der Waals surface area contributed by atoms with Crippen molar-refractivity contribution < 1.29 is 18.3 Å². The second-order valence-electron chi connectivity index (χ2n) is 3.76. The molecule has 1 atom stereocenters. The molecule has 1 aromatic carbocycles. The molecule has 0 spiro atoms. The number of hydrogen-bond donors (Lipinski definition) is 1. The fourth-order valence-corrected chi connectivity index (χ4v) is 1.63. The summed E-state index contributed by atoms with van der Waals surface area (Å²) in [6.07, 6.45) is 0.513. The molecule has 0 aliphatic rings. The van der Waals surface area contributed by atoms with Crippen molar-refractivity contribution in [2.24, 2.45) is 0 Å². The lowest BCUT2D eigenvalue weighted by Gasteiger charge is -2.09. The maximum Gasteiger partial charge on any atom is 0.251 e. The minimum Gasteiger partial charge on any atom is -0.383 e. The van der Waals surface area contributed by atoms with Crippen molar-refractivity contribution in [2.45, 2.75) is 11.8 Å². The number of nitrogens with one attached hydrogen (secondary N) is 1. The zero-order valence-electron chi connectivity index (χ0n) is 9.88. The number of hydrogen-bond acceptors (Lipinski definition) is 2. The van der Waals surface area contributed by atoms with Gasteiger partial charge in [0.15, 0.2) is 0 Å². The predicted octanol–water partition coefficient (Wildman–Crippen LogP) is 2.34. The Morgan fingerprint density at radius 1 is 1.39 bits per heavy atom. The number of amides is 1. The molecule has 1 N–H and O–H groups in total. The third-order valence-corrected chi connectivity index (χ3v) is 2.56. The molecule has 0 saturated carbocycles. The van der Waals surface area contributed by atoms with E-state index in [1.54, 1.807) is 0 Å². The molecule has 0 aliphatic heterocycles. The minimum absolute atomic E-state index is 0.0506. The Labute approximate surface area is 109 Å². The summed E-state index contributed by atoms with van der Waals surface area (Å²) in [4.78, 5) is 11.6. The number of rotatable bonds is 6. The number of methoxy groups -OCH3 is 1. The van der Waals surface area contributed by atoms with Crippen LogP contribution in [0, 0.1) is 11.6 Å². The van der Waals surface area contributed by atoms with Crippen molar-refractivity contribution in [3.63, 3.8) is 0 Å². The maximum absolute atomic E-state index is 12.9. The number of carbonyl (C=O) groups excluding carboxylic acids is 1. The lowest BCUT2D eigenvalue weighted by Crippen LogP contribution is -2.27. The largest absolute Gasteiger partial charge is 0.383 e. The monoisotopic (exact) mass is 277 g/mol. The Morgan fingerprint density at radius 2 is 2.00 bits per heavy atom. The number of carbonyl (C=O) groups is 1. The molecule has 1 aromatic rings. The van der Waals surface area contributed by atoms with Gasteiger partial charge in [-0.15, -0.1) is 11.6 Å². The second kappa shape index (κ2) is 7.28. The van der Waals surface area contributed by atoms with Crippen LogP contribution in [0.2, 0.25) is 0 Å². The predicted molar refractivity (Wildman–Crippen MR) is 64.8 cm³/mol. The molecular weight excluding hydrogens is 264 g/mol. The van der Waals surface area contributed by atoms with E-state index in [1.165, 1.54) is 7.11 Å². The van der Waals surface area contributed by atoms with Gasteiger partial charge >= 0.3 is 0 Å².